The largest absolute Gasteiger partial charge is 0.573 e. The molecule has 9 nitrogen and oxygen atoms in total. The summed E-state index contributed by atoms with van der Waals surface area (Å²) in [6, 6.07) is 4.94. The van der Waals surface area contributed by atoms with E-state index >= 15 is 0 Å². The number of nitriles is 1. The number of hydrogen-bond acceptors (Lipinski definition) is 5. The SMILES string of the molecule is CCC1C2C(N1C(=O)CO)C2(CN=C(NC#N)Nc1cc(C(F)(F)F)ccc1OC(F)(F)F)C(=[NH2+])c1ccc(Cl)c(Cl)c1. The number of carbonyl (C=O) groups is 1. The van der Waals surface area contributed by atoms with E-state index in [0.717, 1.165) is 0 Å². The minimum atomic E-state index is -5.24. The number of ether oxygens (including phenoxy) is 1. The average molecular weight is 652 g/mol. The topological polar surface area (TPSA) is 136 Å². The van der Waals surface area contributed by atoms with E-state index in [1.54, 1.807) is 6.07 Å². The van der Waals surface area contributed by atoms with Crippen molar-refractivity contribution >= 4 is 46.5 Å². The monoisotopic (exact) mass is 651 g/mol. The van der Waals surface area contributed by atoms with Gasteiger partial charge >= 0.3 is 12.5 Å². The van der Waals surface area contributed by atoms with Gasteiger partial charge in [-0.25, -0.2) is 0 Å². The molecule has 0 aromatic heterocycles. The van der Waals surface area contributed by atoms with Gasteiger partial charge in [0.25, 0.3) is 0 Å². The maximum absolute atomic E-state index is 13.4. The van der Waals surface area contributed by atoms with Gasteiger partial charge in [0.2, 0.25) is 11.9 Å². The van der Waals surface area contributed by atoms with Gasteiger partial charge in [-0.1, -0.05) is 30.1 Å². The van der Waals surface area contributed by atoms with Crippen LogP contribution in [0.2, 0.25) is 10.0 Å². The minimum absolute atomic E-state index is 0.180. The van der Waals surface area contributed by atoms with Crippen molar-refractivity contribution in [2.24, 2.45) is 16.3 Å². The van der Waals surface area contributed by atoms with Crippen molar-refractivity contribution in [1.82, 2.24) is 10.2 Å². The molecule has 1 aliphatic heterocycles. The highest BCUT2D eigenvalue weighted by Crippen LogP contribution is 2.68. The summed E-state index contributed by atoms with van der Waals surface area (Å²) < 4.78 is 82.9. The van der Waals surface area contributed by atoms with Crippen molar-refractivity contribution in [2.75, 3.05) is 18.5 Å². The molecule has 0 radical (unpaired) electrons. The highest BCUT2D eigenvalue weighted by Gasteiger charge is 2.82. The summed E-state index contributed by atoms with van der Waals surface area (Å²) in [4.78, 5) is 18.3. The zero-order valence-electron chi connectivity index (χ0n) is 22.0. The van der Waals surface area contributed by atoms with Crippen LogP contribution in [0.15, 0.2) is 41.4 Å². The fourth-order valence-corrected chi connectivity index (χ4v) is 5.95. The summed E-state index contributed by atoms with van der Waals surface area (Å²) in [6.45, 7) is 0.776. The molecule has 1 saturated heterocycles. The molecule has 5 N–H and O–H groups in total. The van der Waals surface area contributed by atoms with Crippen LogP contribution in [0.5, 0.6) is 5.75 Å². The maximum atomic E-state index is 13.4. The number of benzene rings is 2. The van der Waals surface area contributed by atoms with Crippen LogP contribution in [0.3, 0.4) is 0 Å². The molecule has 2 aliphatic rings. The Labute approximate surface area is 250 Å². The van der Waals surface area contributed by atoms with Gasteiger partial charge in [0, 0.05) is 17.5 Å². The molecule has 1 saturated carbocycles. The quantitative estimate of drug-likeness (QED) is 0.113. The Morgan fingerprint density at radius 3 is 2.44 bits per heavy atom. The number of halogens is 8. The van der Waals surface area contributed by atoms with Gasteiger partial charge in [0.15, 0.2) is 17.7 Å². The lowest BCUT2D eigenvalue weighted by Gasteiger charge is -2.39. The van der Waals surface area contributed by atoms with Crippen molar-refractivity contribution in [3.8, 4) is 11.9 Å². The number of nitrogens with zero attached hydrogens (tertiary/aromatic N) is 3. The number of likely N-dealkylation sites (tertiary alicyclic amines) is 1. The van der Waals surface area contributed by atoms with E-state index in [1.165, 1.54) is 23.2 Å². The van der Waals surface area contributed by atoms with Gasteiger partial charge in [-0.3, -0.25) is 20.5 Å². The minimum Gasteiger partial charge on any atom is -0.404 e. The van der Waals surface area contributed by atoms with E-state index < -0.39 is 59.5 Å². The Morgan fingerprint density at radius 2 is 1.88 bits per heavy atom. The number of anilines is 1. The lowest BCUT2D eigenvalue weighted by atomic mass is 9.89. The Kier molecular flexibility index (Phi) is 8.79. The maximum Gasteiger partial charge on any atom is 0.573 e. The van der Waals surface area contributed by atoms with Gasteiger partial charge in [0.05, 0.1) is 33.9 Å². The Morgan fingerprint density at radius 1 is 1.19 bits per heavy atom. The molecular weight excluding hydrogens is 629 g/mol. The van der Waals surface area contributed by atoms with Gasteiger partial charge < -0.3 is 20.1 Å². The molecule has 2 fully saturated rings. The number of carbonyl (C=O) groups excluding carboxylic acids is 1. The molecule has 0 spiro atoms. The first-order valence-electron chi connectivity index (χ1n) is 12.5. The number of fused-ring (bicyclic) bond motifs is 1. The van der Waals surface area contributed by atoms with Crippen molar-refractivity contribution < 1.29 is 46.4 Å². The number of hydrogen-bond donors (Lipinski definition) is 4. The Hall–Kier alpha value is -3.74. The van der Waals surface area contributed by atoms with Crippen LogP contribution in [0, 0.1) is 22.8 Å². The molecule has 17 heteroatoms. The second kappa shape index (κ2) is 11.7. The standard InChI is InChI=1S/C26H22Cl2F6N6O3/c1-2-17-20-22(40(17)19(42)9-41)24(20,21(36)12-3-5-14(27)15(28)7-12)10-37-23(38-11-35)39-16-8-13(25(29,30)31)4-6-18(16)43-26(32,33)34/h3-8,17,20,22,36,41H,2,9-10H2,1H3,(H2,37,38,39)/p+1. The van der Waals surface area contributed by atoms with E-state index in [2.05, 4.69) is 20.4 Å². The number of aliphatic imine (C=N–C) groups is 1. The molecule has 2 aromatic carbocycles. The first-order valence-corrected chi connectivity index (χ1v) is 13.3. The van der Waals surface area contributed by atoms with Crippen LogP contribution >= 0.6 is 23.2 Å². The molecule has 2 aromatic rings. The number of nitrogens with one attached hydrogen (secondary N) is 2. The number of nitrogens with two attached hydrogens (primary N) is 1. The number of amides is 1. The van der Waals surface area contributed by atoms with Crippen LogP contribution < -0.4 is 20.8 Å². The van der Waals surface area contributed by atoms with E-state index in [1.807, 2.05) is 6.92 Å². The molecule has 1 amide bonds. The summed E-state index contributed by atoms with van der Waals surface area (Å²) >= 11 is 12.2. The molecule has 1 heterocycles. The highest BCUT2D eigenvalue weighted by molar-refractivity contribution is 6.42. The normalized spacial score (nSPS) is 23.0. The van der Waals surface area contributed by atoms with Crippen LogP contribution in [-0.2, 0) is 11.0 Å². The molecule has 4 atom stereocenters. The third-order valence-corrected chi connectivity index (χ3v) is 8.20. The zero-order chi connectivity index (χ0) is 31.9. The van der Waals surface area contributed by atoms with Gasteiger partial charge in [-0.2, -0.15) is 18.4 Å². The van der Waals surface area contributed by atoms with Gasteiger partial charge in [-0.15, -0.1) is 13.2 Å². The number of rotatable bonds is 8. The second-order valence-electron chi connectivity index (χ2n) is 9.77. The van der Waals surface area contributed by atoms with E-state index in [-0.39, 0.29) is 34.3 Å². The molecule has 4 unspecified atom stereocenters. The molecular formula is C26H23Cl2F6N6O3+. The predicted molar refractivity (Wildman–Crippen MR) is 143 cm³/mol. The van der Waals surface area contributed by atoms with Crippen molar-refractivity contribution in [3.63, 3.8) is 0 Å². The number of guanidine groups is 1. The summed E-state index contributed by atoms with van der Waals surface area (Å²) in [5.74, 6) is -2.36. The smallest absolute Gasteiger partial charge is 0.404 e. The van der Waals surface area contributed by atoms with Crippen LogP contribution in [0.25, 0.3) is 0 Å². The lowest BCUT2D eigenvalue weighted by molar-refractivity contribution is -0.274. The molecule has 1 aliphatic carbocycles. The van der Waals surface area contributed by atoms with E-state index in [0.29, 0.717) is 30.2 Å². The van der Waals surface area contributed by atoms with Gasteiger partial charge in [0.1, 0.15) is 12.0 Å². The fourth-order valence-electron chi connectivity index (χ4n) is 5.65. The zero-order valence-corrected chi connectivity index (χ0v) is 23.5. The third kappa shape index (κ3) is 6.17. The molecule has 43 heavy (non-hydrogen) atoms. The average Bonchev–Trinajstić information content (AvgIpc) is 3.49. The summed E-state index contributed by atoms with van der Waals surface area (Å²) in [5, 5.41) is 30.3. The summed E-state index contributed by atoms with van der Waals surface area (Å²) in [6.07, 6.45) is -8.14. The Balaban J connectivity index is 1.75. The fraction of sp³-hybridized carbons (Fsp3) is 0.385. The Bertz CT molecular complexity index is 1510. The van der Waals surface area contributed by atoms with Crippen LogP contribution in [0.4, 0.5) is 32.0 Å². The number of aliphatic hydroxyl groups is 1. The van der Waals surface area contributed by atoms with Gasteiger partial charge in [-0.05, 0) is 42.8 Å². The molecule has 4 rings (SSSR count). The second-order valence-corrected chi connectivity index (χ2v) is 10.6. The van der Waals surface area contributed by atoms with Crippen LogP contribution in [0.1, 0.15) is 24.5 Å². The van der Waals surface area contributed by atoms with Crippen molar-refractivity contribution in [3.05, 3.63) is 57.6 Å². The third-order valence-electron chi connectivity index (χ3n) is 7.46. The summed E-state index contributed by atoms with van der Waals surface area (Å²) in [7, 11) is 0. The van der Waals surface area contributed by atoms with E-state index in [9.17, 15) is 41.5 Å². The molecule has 0 bridgehead atoms. The number of alkyl halides is 6. The first kappa shape index (κ1) is 32.2. The first-order chi connectivity index (χ1) is 20.1. The number of aliphatic hydroxyl groups excluding tert-OH is 1. The van der Waals surface area contributed by atoms with E-state index in [4.69, 9.17) is 28.6 Å². The molecule has 230 valence electrons. The van der Waals surface area contributed by atoms with Crippen molar-refractivity contribution in [2.45, 2.75) is 38.0 Å². The lowest BCUT2D eigenvalue weighted by Crippen LogP contribution is -2.53. The highest BCUT2D eigenvalue weighted by atomic mass is 35.5. The van der Waals surface area contributed by atoms with Crippen molar-refractivity contribution in [1.29, 1.82) is 5.26 Å². The summed E-state index contributed by atoms with van der Waals surface area (Å²) in [5.41, 5.74) is -2.50. The predicted octanol–water partition coefficient (Wildman–Crippen LogP) is 3.60. The van der Waals surface area contributed by atoms with Crippen LogP contribution in [-0.4, -0.2) is 59.2 Å².